The maximum Gasteiger partial charge on any atom is 0.251 e. The number of nitrogens with zero attached hydrogens (tertiary/aromatic N) is 1. The second-order valence-corrected chi connectivity index (χ2v) is 7.40. The van der Waals surface area contributed by atoms with Crippen LogP contribution in [0.1, 0.15) is 30.6 Å². The van der Waals surface area contributed by atoms with Crippen LogP contribution in [0, 0.1) is 5.92 Å². The van der Waals surface area contributed by atoms with Gasteiger partial charge in [0.15, 0.2) is 0 Å². The average molecular weight is 298 g/mol. The van der Waals surface area contributed by atoms with Crippen LogP contribution in [0.5, 0.6) is 0 Å². The van der Waals surface area contributed by atoms with E-state index in [2.05, 4.69) is 19.2 Å². The van der Waals surface area contributed by atoms with Crippen LogP contribution in [0.4, 0.5) is 0 Å². The van der Waals surface area contributed by atoms with Gasteiger partial charge in [0.1, 0.15) is 0 Å². The third kappa shape index (κ3) is 4.31. The van der Waals surface area contributed by atoms with E-state index in [1.807, 2.05) is 0 Å². The predicted molar refractivity (Wildman–Crippen MR) is 79.1 cm³/mol. The lowest BCUT2D eigenvalue weighted by molar-refractivity contribution is 0.0952. The molecule has 0 aliphatic heterocycles. The standard InChI is InChI=1S/C14H22N2O3S/c1-11(2)9-10-15-14(17)12-5-7-13(8-6-12)20(18,19)16(3)4/h5-8,11H,9-10H2,1-4H3,(H,15,17). The summed E-state index contributed by atoms with van der Waals surface area (Å²) in [5, 5.41) is 2.81. The van der Waals surface area contributed by atoms with Crippen LogP contribution in [0.25, 0.3) is 0 Å². The number of amides is 1. The van der Waals surface area contributed by atoms with E-state index in [-0.39, 0.29) is 10.8 Å². The smallest absolute Gasteiger partial charge is 0.251 e. The largest absolute Gasteiger partial charge is 0.352 e. The van der Waals surface area contributed by atoms with Gasteiger partial charge in [-0.15, -0.1) is 0 Å². The third-order valence-electron chi connectivity index (χ3n) is 2.90. The fraction of sp³-hybridized carbons (Fsp3) is 0.500. The molecule has 0 saturated heterocycles. The number of carbonyl (C=O) groups is 1. The topological polar surface area (TPSA) is 66.5 Å². The van der Waals surface area contributed by atoms with E-state index in [9.17, 15) is 13.2 Å². The molecule has 1 aromatic carbocycles. The van der Waals surface area contributed by atoms with Crippen molar-refractivity contribution in [3.05, 3.63) is 29.8 Å². The molecule has 0 fully saturated rings. The zero-order valence-electron chi connectivity index (χ0n) is 12.4. The molecule has 20 heavy (non-hydrogen) atoms. The molecule has 0 saturated carbocycles. The summed E-state index contributed by atoms with van der Waals surface area (Å²) in [4.78, 5) is 12.0. The fourth-order valence-corrected chi connectivity index (χ4v) is 2.47. The van der Waals surface area contributed by atoms with Crippen LogP contribution in [-0.2, 0) is 10.0 Å². The summed E-state index contributed by atoms with van der Waals surface area (Å²) in [5.74, 6) is 0.349. The van der Waals surface area contributed by atoms with Crippen LogP contribution in [0.15, 0.2) is 29.2 Å². The number of sulfonamides is 1. The van der Waals surface area contributed by atoms with Crippen molar-refractivity contribution in [1.29, 1.82) is 0 Å². The molecule has 0 atom stereocenters. The molecular weight excluding hydrogens is 276 g/mol. The lowest BCUT2D eigenvalue weighted by Crippen LogP contribution is -2.25. The number of benzene rings is 1. The van der Waals surface area contributed by atoms with Crippen LogP contribution in [-0.4, -0.2) is 39.3 Å². The predicted octanol–water partition coefficient (Wildman–Crippen LogP) is 1.71. The van der Waals surface area contributed by atoms with Gasteiger partial charge in [0.05, 0.1) is 4.90 Å². The van der Waals surface area contributed by atoms with E-state index in [0.717, 1.165) is 10.7 Å². The Morgan fingerprint density at radius 2 is 1.75 bits per heavy atom. The first-order valence-electron chi connectivity index (χ1n) is 6.56. The summed E-state index contributed by atoms with van der Waals surface area (Å²) in [6.45, 7) is 4.80. The van der Waals surface area contributed by atoms with Gasteiger partial charge in [-0.05, 0) is 36.6 Å². The first kappa shape index (κ1) is 16.7. The highest BCUT2D eigenvalue weighted by Crippen LogP contribution is 2.14. The molecule has 0 heterocycles. The van der Waals surface area contributed by atoms with E-state index < -0.39 is 10.0 Å². The first-order chi connectivity index (χ1) is 9.25. The minimum atomic E-state index is -3.45. The number of hydrogen-bond acceptors (Lipinski definition) is 3. The second-order valence-electron chi connectivity index (χ2n) is 5.25. The van der Waals surface area contributed by atoms with Gasteiger partial charge in [0, 0.05) is 26.2 Å². The monoisotopic (exact) mass is 298 g/mol. The van der Waals surface area contributed by atoms with Gasteiger partial charge in [0.2, 0.25) is 10.0 Å². The number of hydrogen-bond donors (Lipinski definition) is 1. The van der Waals surface area contributed by atoms with E-state index in [1.165, 1.54) is 38.4 Å². The van der Waals surface area contributed by atoms with Crippen LogP contribution in [0.2, 0.25) is 0 Å². The zero-order chi connectivity index (χ0) is 15.3. The highest BCUT2D eigenvalue weighted by molar-refractivity contribution is 7.89. The Morgan fingerprint density at radius 3 is 2.20 bits per heavy atom. The summed E-state index contributed by atoms with van der Waals surface area (Å²) in [5.41, 5.74) is 0.464. The summed E-state index contributed by atoms with van der Waals surface area (Å²) in [6.07, 6.45) is 0.916. The zero-order valence-corrected chi connectivity index (χ0v) is 13.2. The van der Waals surface area contributed by atoms with Crippen molar-refractivity contribution in [2.45, 2.75) is 25.2 Å². The molecule has 1 aromatic rings. The van der Waals surface area contributed by atoms with Crippen LogP contribution >= 0.6 is 0 Å². The van der Waals surface area contributed by atoms with Crippen molar-refractivity contribution in [3.63, 3.8) is 0 Å². The maximum absolute atomic E-state index is 11.9. The Balaban J connectivity index is 2.74. The number of carbonyl (C=O) groups excluding carboxylic acids is 1. The van der Waals surface area contributed by atoms with E-state index in [0.29, 0.717) is 18.0 Å². The molecule has 5 nitrogen and oxygen atoms in total. The van der Waals surface area contributed by atoms with E-state index in [4.69, 9.17) is 0 Å². The lowest BCUT2D eigenvalue weighted by Gasteiger charge is -2.12. The summed E-state index contributed by atoms with van der Waals surface area (Å²) in [7, 11) is -0.498. The minimum absolute atomic E-state index is 0.181. The lowest BCUT2D eigenvalue weighted by atomic mass is 10.1. The highest BCUT2D eigenvalue weighted by Gasteiger charge is 2.17. The van der Waals surface area contributed by atoms with Crippen LogP contribution < -0.4 is 5.32 Å². The normalized spacial score (nSPS) is 11.9. The molecule has 1 amide bonds. The molecule has 0 bridgehead atoms. The minimum Gasteiger partial charge on any atom is -0.352 e. The molecule has 112 valence electrons. The van der Waals surface area contributed by atoms with Crippen LogP contribution in [0.3, 0.4) is 0 Å². The van der Waals surface area contributed by atoms with Gasteiger partial charge in [-0.3, -0.25) is 4.79 Å². The Labute approximate surface area is 121 Å². The molecule has 1 N–H and O–H groups in total. The summed E-state index contributed by atoms with van der Waals surface area (Å²) >= 11 is 0. The van der Waals surface area contributed by atoms with Crippen molar-refractivity contribution in [2.75, 3.05) is 20.6 Å². The van der Waals surface area contributed by atoms with Crippen molar-refractivity contribution in [1.82, 2.24) is 9.62 Å². The van der Waals surface area contributed by atoms with Gasteiger partial charge in [0.25, 0.3) is 5.91 Å². The molecule has 6 heteroatoms. The Morgan fingerprint density at radius 1 is 1.20 bits per heavy atom. The quantitative estimate of drug-likeness (QED) is 0.869. The summed E-state index contributed by atoms with van der Waals surface area (Å²) in [6, 6.07) is 5.96. The second kappa shape index (κ2) is 6.85. The van der Waals surface area contributed by atoms with E-state index >= 15 is 0 Å². The fourth-order valence-electron chi connectivity index (χ4n) is 1.57. The number of rotatable bonds is 6. The van der Waals surface area contributed by atoms with Gasteiger partial charge >= 0.3 is 0 Å². The Bertz CT molecular complexity index is 548. The maximum atomic E-state index is 11.9. The molecule has 0 aliphatic rings. The van der Waals surface area contributed by atoms with E-state index in [1.54, 1.807) is 0 Å². The van der Waals surface area contributed by atoms with Crippen molar-refractivity contribution in [2.24, 2.45) is 5.92 Å². The Kier molecular flexibility index (Phi) is 5.71. The number of nitrogens with one attached hydrogen (secondary N) is 1. The molecule has 1 rings (SSSR count). The summed E-state index contributed by atoms with van der Waals surface area (Å²) < 4.78 is 24.9. The van der Waals surface area contributed by atoms with Crippen molar-refractivity contribution >= 4 is 15.9 Å². The molecule has 0 radical (unpaired) electrons. The van der Waals surface area contributed by atoms with Gasteiger partial charge in [-0.1, -0.05) is 13.8 Å². The van der Waals surface area contributed by atoms with Gasteiger partial charge in [-0.25, -0.2) is 12.7 Å². The highest BCUT2D eigenvalue weighted by atomic mass is 32.2. The molecular formula is C14H22N2O3S. The van der Waals surface area contributed by atoms with Crippen molar-refractivity contribution in [3.8, 4) is 0 Å². The molecule has 0 aliphatic carbocycles. The average Bonchev–Trinajstić information content (AvgIpc) is 2.38. The molecule has 0 unspecified atom stereocenters. The van der Waals surface area contributed by atoms with Crippen molar-refractivity contribution < 1.29 is 13.2 Å². The van der Waals surface area contributed by atoms with Gasteiger partial charge in [-0.2, -0.15) is 0 Å². The van der Waals surface area contributed by atoms with Gasteiger partial charge < -0.3 is 5.32 Å². The molecule has 0 spiro atoms. The SMILES string of the molecule is CC(C)CCNC(=O)c1ccc(S(=O)(=O)N(C)C)cc1. The molecule has 0 aromatic heterocycles. The first-order valence-corrected chi connectivity index (χ1v) is 8.00. The third-order valence-corrected chi connectivity index (χ3v) is 4.73. The Hall–Kier alpha value is -1.40.